The molecule has 1 saturated heterocycles. The molecule has 1 aliphatic heterocycles. The highest BCUT2D eigenvalue weighted by Crippen LogP contribution is 2.33. The van der Waals surface area contributed by atoms with Gasteiger partial charge in [-0.15, -0.1) is 11.8 Å². The topological polar surface area (TPSA) is 84.3 Å². The first kappa shape index (κ1) is 29.6. The molecule has 0 aliphatic carbocycles. The van der Waals surface area contributed by atoms with Gasteiger partial charge in [-0.25, -0.2) is 0 Å². The summed E-state index contributed by atoms with van der Waals surface area (Å²) < 4.78 is 0. The van der Waals surface area contributed by atoms with Crippen LogP contribution in [0.3, 0.4) is 0 Å². The standard InChI is InChI=1S/C28H47N3O3S/c1-2-3-4-5-6-7-8-9-10-11-12-13-14-15-16-17-22-29-27(32)26-23-35-28(30-26)24-18-20-25(21-19-24)31(33)34/h18-21,26,28,30H,2-17,22-23H2,1H3,(H,29,32)/t26-,28?/m1/s1. The molecule has 1 heterocycles. The Hall–Kier alpha value is -1.60. The lowest BCUT2D eigenvalue weighted by molar-refractivity contribution is -0.384. The summed E-state index contributed by atoms with van der Waals surface area (Å²) in [6.45, 7) is 3.01. The monoisotopic (exact) mass is 505 g/mol. The number of thioether (sulfide) groups is 1. The molecule has 1 aromatic carbocycles. The molecule has 0 spiro atoms. The summed E-state index contributed by atoms with van der Waals surface area (Å²) in [5.41, 5.74) is 1.05. The minimum absolute atomic E-state index is 0.00195. The molecule has 1 amide bonds. The van der Waals surface area contributed by atoms with E-state index in [0.717, 1.165) is 18.5 Å². The third-order valence-electron chi connectivity index (χ3n) is 6.83. The number of hydrogen-bond acceptors (Lipinski definition) is 5. The smallest absolute Gasteiger partial charge is 0.269 e. The van der Waals surface area contributed by atoms with Gasteiger partial charge in [-0.05, 0) is 24.1 Å². The number of rotatable bonds is 20. The Labute approximate surface area is 216 Å². The third kappa shape index (κ3) is 12.8. The predicted molar refractivity (Wildman–Crippen MR) is 148 cm³/mol. The number of non-ortho nitro benzene ring substituents is 1. The van der Waals surface area contributed by atoms with Crippen LogP contribution >= 0.6 is 11.8 Å². The van der Waals surface area contributed by atoms with Crippen molar-refractivity contribution in [2.24, 2.45) is 0 Å². The van der Waals surface area contributed by atoms with E-state index in [1.807, 2.05) is 0 Å². The summed E-state index contributed by atoms with van der Waals surface area (Å²) in [5, 5.41) is 17.2. The maximum atomic E-state index is 12.4. The van der Waals surface area contributed by atoms with E-state index in [1.54, 1.807) is 23.9 Å². The fourth-order valence-electron chi connectivity index (χ4n) is 4.59. The zero-order valence-corrected chi connectivity index (χ0v) is 22.6. The lowest BCUT2D eigenvalue weighted by Crippen LogP contribution is -2.42. The number of amides is 1. The fourth-order valence-corrected chi connectivity index (χ4v) is 5.84. The van der Waals surface area contributed by atoms with Gasteiger partial charge in [0.25, 0.3) is 5.69 Å². The van der Waals surface area contributed by atoms with Crippen LogP contribution in [-0.2, 0) is 4.79 Å². The maximum absolute atomic E-state index is 12.4. The van der Waals surface area contributed by atoms with E-state index in [0.29, 0.717) is 5.75 Å². The first-order chi connectivity index (χ1) is 17.1. The highest BCUT2D eigenvalue weighted by atomic mass is 32.2. The van der Waals surface area contributed by atoms with Crippen LogP contribution in [0.4, 0.5) is 5.69 Å². The lowest BCUT2D eigenvalue weighted by Gasteiger charge is -2.14. The molecule has 2 atom stereocenters. The fraction of sp³-hybridized carbons (Fsp3) is 0.750. The molecule has 1 aromatic rings. The van der Waals surface area contributed by atoms with Crippen LogP contribution < -0.4 is 10.6 Å². The molecule has 0 saturated carbocycles. The summed E-state index contributed by atoms with van der Waals surface area (Å²) >= 11 is 1.67. The van der Waals surface area contributed by atoms with Gasteiger partial charge in [0.2, 0.25) is 5.91 Å². The minimum Gasteiger partial charge on any atom is -0.355 e. The summed E-state index contributed by atoms with van der Waals surface area (Å²) in [7, 11) is 0. The molecular formula is C28H47N3O3S. The number of nitro benzene ring substituents is 1. The molecule has 6 nitrogen and oxygen atoms in total. The Morgan fingerprint density at radius 3 is 1.86 bits per heavy atom. The predicted octanol–water partition coefficient (Wildman–Crippen LogP) is 7.68. The van der Waals surface area contributed by atoms with Crippen molar-refractivity contribution in [2.75, 3.05) is 12.3 Å². The highest BCUT2D eigenvalue weighted by molar-refractivity contribution is 7.99. The highest BCUT2D eigenvalue weighted by Gasteiger charge is 2.30. The Kier molecular flexibility index (Phi) is 15.8. The molecule has 1 unspecified atom stereocenters. The number of carbonyl (C=O) groups excluding carboxylic acids is 1. The van der Waals surface area contributed by atoms with Crippen LogP contribution in [-0.4, -0.2) is 29.2 Å². The number of hydrogen-bond donors (Lipinski definition) is 2. The van der Waals surface area contributed by atoms with Gasteiger partial charge in [0.1, 0.15) is 0 Å². The van der Waals surface area contributed by atoms with E-state index >= 15 is 0 Å². The van der Waals surface area contributed by atoms with Crippen molar-refractivity contribution in [1.29, 1.82) is 0 Å². The SMILES string of the molecule is CCCCCCCCCCCCCCCCCCNC(=O)[C@H]1CSC(c2ccc([N+](=O)[O-])cc2)N1. The number of nitro groups is 1. The molecular weight excluding hydrogens is 458 g/mol. The second kappa shape index (κ2) is 18.6. The first-order valence-corrected chi connectivity index (χ1v) is 15.1. The van der Waals surface area contributed by atoms with Gasteiger partial charge < -0.3 is 5.32 Å². The zero-order valence-electron chi connectivity index (χ0n) is 21.8. The summed E-state index contributed by atoms with van der Waals surface area (Å²) in [5.74, 6) is 0.773. The molecule has 2 rings (SSSR count). The third-order valence-corrected chi connectivity index (χ3v) is 8.10. The van der Waals surface area contributed by atoms with Gasteiger partial charge in [-0.1, -0.05) is 103 Å². The van der Waals surface area contributed by atoms with Gasteiger partial charge in [-0.2, -0.15) is 0 Å². The Bertz CT molecular complexity index is 714. The van der Waals surface area contributed by atoms with Gasteiger partial charge in [-0.3, -0.25) is 20.2 Å². The van der Waals surface area contributed by atoms with Gasteiger partial charge >= 0.3 is 0 Å². The van der Waals surface area contributed by atoms with Crippen LogP contribution in [0.25, 0.3) is 0 Å². The van der Waals surface area contributed by atoms with E-state index in [2.05, 4.69) is 17.6 Å². The number of carbonyl (C=O) groups is 1. The quantitative estimate of drug-likeness (QED) is 0.108. The molecule has 2 N–H and O–H groups in total. The summed E-state index contributed by atoms with van der Waals surface area (Å²) in [6, 6.07) is 6.35. The Balaban J connectivity index is 1.38. The molecule has 35 heavy (non-hydrogen) atoms. The van der Waals surface area contributed by atoms with Crippen molar-refractivity contribution in [3.05, 3.63) is 39.9 Å². The number of nitrogens with one attached hydrogen (secondary N) is 2. The van der Waals surface area contributed by atoms with Crippen LogP contribution in [0.15, 0.2) is 24.3 Å². The van der Waals surface area contributed by atoms with E-state index in [1.165, 1.54) is 108 Å². The molecule has 1 aliphatic rings. The van der Waals surface area contributed by atoms with Crippen molar-refractivity contribution in [1.82, 2.24) is 10.6 Å². The second-order valence-corrected chi connectivity index (χ2v) is 11.0. The average molecular weight is 506 g/mol. The summed E-state index contributed by atoms with van der Waals surface area (Å²) in [4.78, 5) is 22.9. The van der Waals surface area contributed by atoms with Crippen LogP contribution in [0.2, 0.25) is 0 Å². The van der Waals surface area contributed by atoms with Crippen molar-refractivity contribution >= 4 is 23.4 Å². The van der Waals surface area contributed by atoms with E-state index in [4.69, 9.17) is 0 Å². The van der Waals surface area contributed by atoms with E-state index < -0.39 is 4.92 Å². The molecule has 7 heteroatoms. The second-order valence-electron chi connectivity index (χ2n) is 9.88. The van der Waals surface area contributed by atoms with E-state index in [-0.39, 0.29) is 23.0 Å². The molecule has 1 fully saturated rings. The van der Waals surface area contributed by atoms with Gasteiger partial charge in [0.05, 0.1) is 16.3 Å². The number of benzene rings is 1. The molecule has 198 valence electrons. The molecule has 0 aromatic heterocycles. The van der Waals surface area contributed by atoms with Crippen LogP contribution in [0.1, 0.15) is 121 Å². The van der Waals surface area contributed by atoms with Gasteiger partial charge in [0, 0.05) is 24.4 Å². The normalized spacial score (nSPS) is 17.5. The molecule has 0 bridgehead atoms. The lowest BCUT2D eigenvalue weighted by atomic mass is 10.0. The Morgan fingerprint density at radius 1 is 0.886 bits per heavy atom. The maximum Gasteiger partial charge on any atom is 0.269 e. The summed E-state index contributed by atoms with van der Waals surface area (Å²) in [6.07, 6.45) is 21.6. The van der Waals surface area contributed by atoms with Crippen LogP contribution in [0.5, 0.6) is 0 Å². The number of unbranched alkanes of at least 4 members (excludes halogenated alkanes) is 15. The largest absolute Gasteiger partial charge is 0.355 e. The Morgan fingerprint density at radius 2 is 1.37 bits per heavy atom. The average Bonchev–Trinajstić information content (AvgIpc) is 3.36. The minimum atomic E-state index is -0.395. The van der Waals surface area contributed by atoms with Crippen molar-refractivity contribution in [3.8, 4) is 0 Å². The van der Waals surface area contributed by atoms with Crippen molar-refractivity contribution in [2.45, 2.75) is 121 Å². The van der Waals surface area contributed by atoms with E-state index in [9.17, 15) is 14.9 Å². The molecule has 0 radical (unpaired) electrons. The number of nitrogens with zero attached hydrogens (tertiary/aromatic N) is 1. The zero-order chi connectivity index (χ0) is 25.1. The first-order valence-electron chi connectivity index (χ1n) is 14.0. The van der Waals surface area contributed by atoms with Crippen LogP contribution in [0, 0.1) is 10.1 Å². The van der Waals surface area contributed by atoms with Gasteiger partial charge in [0.15, 0.2) is 0 Å². The van der Waals surface area contributed by atoms with Crippen molar-refractivity contribution in [3.63, 3.8) is 0 Å². The van der Waals surface area contributed by atoms with Crippen molar-refractivity contribution < 1.29 is 9.72 Å².